The molecule has 1 saturated heterocycles. The first-order valence-corrected chi connectivity index (χ1v) is 15.1. The van der Waals surface area contributed by atoms with Gasteiger partial charge in [-0.3, -0.25) is 9.69 Å². The lowest BCUT2D eigenvalue weighted by atomic mass is 9.98. The number of benzene rings is 4. The van der Waals surface area contributed by atoms with Crippen LogP contribution in [0.1, 0.15) is 47.5 Å². The number of likely N-dealkylation sites (N-methyl/N-ethyl adjacent to an activating group) is 1. The summed E-state index contributed by atoms with van der Waals surface area (Å²) in [5.41, 5.74) is 3.47. The second kappa shape index (κ2) is 14.7. The molecular formula is C36H38F3N3O3. The Balaban J connectivity index is 1.22. The zero-order valence-electron chi connectivity index (χ0n) is 25.5. The van der Waals surface area contributed by atoms with Crippen LogP contribution >= 0.6 is 0 Å². The first-order chi connectivity index (χ1) is 21.7. The van der Waals surface area contributed by atoms with Crippen LogP contribution in [0.4, 0.5) is 24.5 Å². The summed E-state index contributed by atoms with van der Waals surface area (Å²) < 4.78 is 50.9. The van der Waals surface area contributed by atoms with E-state index in [9.17, 15) is 18.0 Å². The van der Waals surface area contributed by atoms with Gasteiger partial charge in [-0.1, -0.05) is 67.6 Å². The molecular weight excluding hydrogens is 579 g/mol. The number of ether oxygens (including phenoxy) is 2. The van der Waals surface area contributed by atoms with Crippen molar-refractivity contribution in [2.75, 3.05) is 43.8 Å². The molecule has 1 N–H and O–H groups in total. The number of rotatable bonds is 12. The van der Waals surface area contributed by atoms with Crippen LogP contribution in [-0.4, -0.2) is 50.4 Å². The van der Waals surface area contributed by atoms with Crippen molar-refractivity contribution in [3.8, 4) is 11.1 Å². The molecule has 45 heavy (non-hydrogen) atoms. The van der Waals surface area contributed by atoms with E-state index in [1.807, 2.05) is 42.5 Å². The summed E-state index contributed by atoms with van der Waals surface area (Å²) in [4.78, 5) is 17.9. The minimum absolute atomic E-state index is 0.190. The average Bonchev–Trinajstić information content (AvgIpc) is 3.55. The molecule has 1 aliphatic heterocycles. The number of alkyl halides is 3. The lowest BCUT2D eigenvalue weighted by molar-refractivity contribution is -0.140. The van der Waals surface area contributed by atoms with E-state index in [1.54, 1.807) is 24.3 Å². The smallest absolute Gasteiger partial charge is 0.370 e. The highest BCUT2D eigenvalue weighted by Gasteiger charge is 2.32. The number of nitrogens with zero attached hydrogens (tertiary/aromatic N) is 2. The Morgan fingerprint density at radius 1 is 0.956 bits per heavy atom. The first kappa shape index (κ1) is 32.2. The second-order valence-electron chi connectivity index (χ2n) is 11.1. The normalized spacial score (nSPS) is 16.0. The third-order valence-electron chi connectivity index (χ3n) is 8.04. The molecule has 0 aromatic heterocycles. The fourth-order valence-electron chi connectivity index (χ4n) is 5.60. The maximum absolute atomic E-state index is 13.3. The third kappa shape index (κ3) is 8.11. The molecule has 1 fully saturated rings. The molecule has 4 aromatic carbocycles. The van der Waals surface area contributed by atoms with Gasteiger partial charge in [0.2, 0.25) is 0 Å². The molecule has 0 spiro atoms. The van der Waals surface area contributed by atoms with Crippen LogP contribution in [0, 0.1) is 0 Å². The van der Waals surface area contributed by atoms with Crippen LogP contribution in [-0.2, 0) is 15.7 Å². The van der Waals surface area contributed by atoms with Crippen LogP contribution < -0.4 is 10.2 Å². The number of likely N-dealkylation sites (tertiary alicyclic amines) is 1. The Kier molecular flexibility index (Phi) is 10.5. The molecule has 0 radical (unpaired) electrons. The van der Waals surface area contributed by atoms with E-state index in [2.05, 4.69) is 41.2 Å². The summed E-state index contributed by atoms with van der Waals surface area (Å²) in [5, 5.41) is 2.93. The number of hydrogen-bond donors (Lipinski definition) is 1. The Bertz CT molecular complexity index is 1530. The van der Waals surface area contributed by atoms with Crippen molar-refractivity contribution in [2.45, 2.75) is 38.2 Å². The SMILES string of the molecule is CCCOCOC(c1ccccc1)N1CCC(N(C)c2ccc(NC(=O)c3ccccc3-c3ccc(C(F)(F)F)cc3)cc2)C1. The Hall–Kier alpha value is -4.18. The summed E-state index contributed by atoms with van der Waals surface area (Å²) in [6.07, 6.45) is -2.70. The van der Waals surface area contributed by atoms with E-state index >= 15 is 0 Å². The van der Waals surface area contributed by atoms with E-state index in [0.29, 0.717) is 29.0 Å². The first-order valence-electron chi connectivity index (χ1n) is 15.1. The zero-order valence-corrected chi connectivity index (χ0v) is 25.5. The summed E-state index contributed by atoms with van der Waals surface area (Å²) in [5.74, 6) is -0.340. The number of carbonyl (C=O) groups excluding carboxylic acids is 1. The molecule has 236 valence electrons. The van der Waals surface area contributed by atoms with E-state index in [4.69, 9.17) is 9.47 Å². The van der Waals surface area contributed by atoms with Gasteiger partial charge >= 0.3 is 6.18 Å². The average molecular weight is 618 g/mol. The molecule has 2 unspecified atom stereocenters. The summed E-state index contributed by atoms with van der Waals surface area (Å²) in [7, 11) is 2.07. The highest BCUT2D eigenvalue weighted by molar-refractivity contribution is 6.08. The van der Waals surface area contributed by atoms with Gasteiger partial charge in [0.05, 0.1) is 5.56 Å². The van der Waals surface area contributed by atoms with Crippen molar-refractivity contribution < 1.29 is 27.4 Å². The predicted octanol–water partition coefficient (Wildman–Crippen LogP) is 8.23. The molecule has 0 saturated carbocycles. The van der Waals surface area contributed by atoms with Crippen LogP contribution in [0.25, 0.3) is 11.1 Å². The number of nitrogens with one attached hydrogen (secondary N) is 1. The fourth-order valence-corrected chi connectivity index (χ4v) is 5.60. The lowest BCUT2D eigenvalue weighted by Gasteiger charge is -2.30. The molecule has 1 heterocycles. The van der Waals surface area contributed by atoms with E-state index in [0.717, 1.165) is 49.3 Å². The van der Waals surface area contributed by atoms with E-state index in [-0.39, 0.29) is 25.0 Å². The molecule has 1 amide bonds. The minimum atomic E-state index is -4.42. The van der Waals surface area contributed by atoms with Crippen molar-refractivity contribution in [3.05, 3.63) is 120 Å². The van der Waals surface area contributed by atoms with Gasteiger partial charge < -0.3 is 19.7 Å². The van der Waals surface area contributed by atoms with Gasteiger partial charge in [0.25, 0.3) is 5.91 Å². The van der Waals surface area contributed by atoms with Gasteiger partial charge in [-0.15, -0.1) is 0 Å². The van der Waals surface area contributed by atoms with Crippen molar-refractivity contribution in [1.29, 1.82) is 0 Å². The number of amides is 1. The highest BCUT2D eigenvalue weighted by Crippen LogP contribution is 2.33. The zero-order chi connectivity index (χ0) is 31.8. The Labute approximate surface area is 262 Å². The largest absolute Gasteiger partial charge is 0.416 e. The van der Waals surface area contributed by atoms with E-state index in [1.165, 1.54) is 12.1 Å². The summed E-state index contributed by atoms with van der Waals surface area (Å²) in [6, 6.07) is 29.9. The summed E-state index contributed by atoms with van der Waals surface area (Å²) in [6.45, 7) is 4.68. The molecule has 4 aromatic rings. The Morgan fingerprint density at radius 2 is 1.64 bits per heavy atom. The fraction of sp³-hybridized carbons (Fsp3) is 0.306. The van der Waals surface area contributed by atoms with Gasteiger partial charge in [0, 0.05) is 49.7 Å². The molecule has 6 nitrogen and oxygen atoms in total. The van der Waals surface area contributed by atoms with Crippen molar-refractivity contribution in [3.63, 3.8) is 0 Å². The quantitative estimate of drug-likeness (QED) is 0.128. The predicted molar refractivity (Wildman–Crippen MR) is 171 cm³/mol. The van der Waals surface area contributed by atoms with Crippen LogP contribution in [0.15, 0.2) is 103 Å². The second-order valence-corrected chi connectivity index (χ2v) is 11.1. The molecule has 2 atom stereocenters. The number of hydrogen-bond acceptors (Lipinski definition) is 5. The van der Waals surface area contributed by atoms with Crippen LogP contribution in [0.5, 0.6) is 0 Å². The van der Waals surface area contributed by atoms with Gasteiger partial charge in [-0.2, -0.15) is 13.2 Å². The molecule has 0 aliphatic carbocycles. The number of carbonyl (C=O) groups is 1. The van der Waals surface area contributed by atoms with Gasteiger partial charge in [-0.05, 0) is 72.0 Å². The van der Waals surface area contributed by atoms with E-state index < -0.39 is 11.7 Å². The lowest BCUT2D eigenvalue weighted by Crippen LogP contribution is -2.36. The topological polar surface area (TPSA) is 54.0 Å². The van der Waals surface area contributed by atoms with Crippen LogP contribution in [0.3, 0.4) is 0 Å². The van der Waals surface area contributed by atoms with Crippen molar-refractivity contribution in [2.24, 2.45) is 0 Å². The maximum Gasteiger partial charge on any atom is 0.416 e. The van der Waals surface area contributed by atoms with Gasteiger partial charge in [0.15, 0.2) is 0 Å². The Morgan fingerprint density at radius 3 is 2.33 bits per heavy atom. The standard InChI is InChI=1S/C36H38F3N3O3/c1-3-23-44-25-45-35(27-9-5-4-6-10-27)42-22-21-31(24-42)41(2)30-19-17-29(18-20-30)40-34(43)33-12-8-7-11-32(33)26-13-15-28(16-14-26)36(37,38)39/h4-20,31,35H,3,21-25H2,1-2H3,(H,40,43). The highest BCUT2D eigenvalue weighted by atomic mass is 19.4. The minimum Gasteiger partial charge on any atom is -0.370 e. The van der Waals surface area contributed by atoms with Crippen molar-refractivity contribution in [1.82, 2.24) is 4.90 Å². The maximum atomic E-state index is 13.3. The third-order valence-corrected chi connectivity index (χ3v) is 8.04. The molecule has 0 bridgehead atoms. The molecule has 5 rings (SSSR count). The summed E-state index contributed by atoms with van der Waals surface area (Å²) >= 11 is 0. The van der Waals surface area contributed by atoms with Crippen LogP contribution in [0.2, 0.25) is 0 Å². The number of anilines is 2. The molecule has 9 heteroatoms. The van der Waals surface area contributed by atoms with Gasteiger partial charge in [0.1, 0.15) is 13.0 Å². The molecule has 1 aliphatic rings. The van der Waals surface area contributed by atoms with Gasteiger partial charge in [-0.25, -0.2) is 0 Å². The number of halogens is 3. The van der Waals surface area contributed by atoms with Crippen molar-refractivity contribution >= 4 is 17.3 Å². The monoisotopic (exact) mass is 617 g/mol.